The van der Waals surface area contributed by atoms with Crippen LogP contribution in [0.2, 0.25) is 0 Å². The molecule has 0 bridgehead atoms. The fourth-order valence-corrected chi connectivity index (χ4v) is 2.24. The van der Waals surface area contributed by atoms with Gasteiger partial charge in [0, 0.05) is 19.5 Å². The Morgan fingerprint density at radius 1 is 1.28 bits per heavy atom. The lowest BCUT2D eigenvalue weighted by molar-refractivity contribution is -0.137. The third-order valence-electron chi connectivity index (χ3n) is 3.21. The molecule has 2 rings (SSSR count). The summed E-state index contributed by atoms with van der Waals surface area (Å²) < 4.78 is 37.3. The Kier molecular flexibility index (Phi) is 3.06. The van der Waals surface area contributed by atoms with Crippen molar-refractivity contribution in [1.29, 1.82) is 0 Å². The van der Waals surface area contributed by atoms with E-state index in [1.54, 1.807) is 7.05 Å². The van der Waals surface area contributed by atoms with Gasteiger partial charge in [-0.1, -0.05) is 12.1 Å². The van der Waals surface area contributed by atoms with Gasteiger partial charge in [0.05, 0.1) is 11.6 Å². The van der Waals surface area contributed by atoms with Crippen molar-refractivity contribution >= 4 is 5.91 Å². The van der Waals surface area contributed by atoms with E-state index in [1.165, 1.54) is 17.0 Å². The van der Waals surface area contributed by atoms with E-state index in [1.807, 2.05) is 0 Å². The molecule has 0 radical (unpaired) electrons. The van der Waals surface area contributed by atoms with Gasteiger partial charge in [0.2, 0.25) is 5.91 Å². The van der Waals surface area contributed by atoms with Crippen LogP contribution in [0.3, 0.4) is 0 Å². The van der Waals surface area contributed by atoms with Gasteiger partial charge in [-0.05, 0) is 17.7 Å². The van der Waals surface area contributed by atoms with E-state index < -0.39 is 11.7 Å². The summed E-state index contributed by atoms with van der Waals surface area (Å²) in [6.07, 6.45) is -4.12. The molecule has 0 spiro atoms. The minimum absolute atomic E-state index is 0.0904. The monoisotopic (exact) mass is 258 g/mol. The normalized spacial score (nSPS) is 24.7. The van der Waals surface area contributed by atoms with Gasteiger partial charge < -0.3 is 10.6 Å². The second kappa shape index (κ2) is 4.28. The van der Waals surface area contributed by atoms with Crippen LogP contribution in [0.1, 0.15) is 23.6 Å². The highest BCUT2D eigenvalue weighted by atomic mass is 19.4. The molecule has 1 fully saturated rings. The second-order valence-corrected chi connectivity index (χ2v) is 4.44. The molecule has 98 valence electrons. The highest BCUT2D eigenvalue weighted by Gasteiger charge is 2.37. The number of hydrogen-bond donors (Lipinski definition) is 1. The SMILES string of the molecule is CN1C(=O)CC(N)C1c1ccc(C(F)(F)F)cc1. The van der Waals surface area contributed by atoms with Crippen LogP contribution in [0.5, 0.6) is 0 Å². The third-order valence-corrected chi connectivity index (χ3v) is 3.21. The number of nitrogens with zero attached hydrogens (tertiary/aromatic N) is 1. The fraction of sp³-hybridized carbons (Fsp3) is 0.417. The minimum Gasteiger partial charge on any atom is -0.337 e. The molecule has 3 nitrogen and oxygen atoms in total. The Balaban J connectivity index is 2.28. The predicted octanol–water partition coefficient (Wildman–Crippen LogP) is 1.94. The average molecular weight is 258 g/mol. The van der Waals surface area contributed by atoms with Crippen LogP contribution in [0.25, 0.3) is 0 Å². The number of hydrogen-bond acceptors (Lipinski definition) is 2. The molecule has 18 heavy (non-hydrogen) atoms. The van der Waals surface area contributed by atoms with Crippen molar-refractivity contribution in [3.8, 4) is 0 Å². The van der Waals surface area contributed by atoms with Crippen molar-refractivity contribution in [3.05, 3.63) is 35.4 Å². The zero-order valence-corrected chi connectivity index (χ0v) is 9.74. The number of carbonyl (C=O) groups is 1. The van der Waals surface area contributed by atoms with Gasteiger partial charge in [0.1, 0.15) is 0 Å². The van der Waals surface area contributed by atoms with Crippen LogP contribution in [0.4, 0.5) is 13.2 Å². The maximum absolute atomic E-state index is 12.4. The number of likely N-dealkylation sites (N-methyl/N-ethyl adjacent to an activating group) is 1. The molecule has 2 N–H and O–H groups in total. The highest BCUT2D eigenvalue weighted by molar-refractivity contribution is 5.80. The van der Waals surface area contributed by atoms with Crippen LogP contribution in [0.15, 0.2) is 24.3 Å². The van der Waals surface area contributed by atoms with E-state index in [2.05, 4.69) is 0 Å². The fourth-order valence-electron chi connectivity index (χ4n) is 2.24. The van der Waals surface area contributed by atoms with E-state index in [9.17, 15) is 18.0 Å². The molecule has 6 heteroatoms. The molecule has 1 aliphatic rings. The number of nitrogens with two attached hydrogens (primary N) is 1. The Labute approximate surface area is 102 Å². The van der Waals surface area contributed by atoms with Crippen molar-refractivity contribution in [1.82, 2.24) is 4.90 Å². The van der Waals surface area contributed by atoms with Crippen molar-refractivity contribution in [2.45, 2.75) is 24.7 Å². The number of benzene rings is 1. The first kappa shape index (κ1) is 12.9. The summed E-state index contributed by atoms with van der Waals surface area (Å²) in [6.45, 7) is 0. The number of rotatable bonds is 1. The van der Waals surface area contributed by atoms with Gasteiger partial charge >= 0.3 is 6.18 Å². The predicted molar refractivity (Wildman–Crippen MR) is 59.5 cm³/mol. The number of likely N-dealkylation sites (tertiary alicyclic amines) is 1. The van der Waals surface area contributed by atoms with Gasteiger partial charge in [-0.3, -0.25) is 4.79 Å². The molecule has 1 aromatic rings. The Morgan fingerprint density at radius 3 is 2.22 bits per heavy atom. The van der Waals surface area contributed by atoms with E-state index in [0.29, 0.717) is 5.56 Å². The highest BCUT2D eigenvalue weighted by Crippen LogP contribution is 2.33. The molecule has 1 aliphatic heterocycles. The smallest absolute Gasteiger partial charge is 0.337 e. The molecule has 2 atom stereocenters. The third kappa shape index (κ3) is 2.20. The molecule has 1 amide bonds. The summed E-state index contributed by atoms with van der Waals surface area (Å²) in [5.41, 5.74) is 5.76. The van der Waals surface area contributed by atoms with Crippen LogP contribution >= 0.6 is 0 Å². The first-order chi connectivity index (χ1) is 8.30. The molecular formula is C12H13F3N2O. The summed E-state index contributed by atoms with van der Waals surface area (Å²) in [7, 11) is 1.61. The molecule has 2 unspecified atom stereocenters. The Bertz CT molecular complexity index is 455. The molecular weight excluding hydrogens is 245 g/mol. The molecule has 1 aromatic carbocycles. The second-order valence-electron chi connectivity index (χ2n) is 4.44. The zero-order valence-electron chi connectivity index (χ0n) is 9.74. The molecule has 0 saturated carbocycles. The number of carbonyl (C=O) groups excluding carboxylic acids is 1. The lowest BCUT2D eigenvalue weighted by atomic mass is 9.99. The van der Waals surface area contributed by atoms with Crippen molar-refractivity contribution in [2.24, 2.45) is 5.73 Å². The number of halogens is 3. The first-order valence-corrected chi connectivity index (χ1v) is 5.49. The van der Waals surface area contributed by atoms with Crippen LogP contribution in [-0.4, -0.2) is 23.9 Å². The standard InChI is InChI=1S/C12H13F3N2O/c1-17-10(18)6-9(16)11(17)7-2-4-8(5-3-7)12(13,14)15/h2-5,9,11H,6,16H2,1H3. The van der Waals surface area contributed by atoms with Crippen molar-refractivity contribution in [2.75, 3.05) is 7.05 Å². The summed E-state index contributed by atoms with van der Waals surface area (Å²) in [5, 5.41) is 0. The van der Waals surface area contributed by atoms with E-state index in [4.69, 9.17) is 5.73 Å². The first-order valence-electron chi connectivity index (χ1n) is 5.49. The van der Waals surface area contributed by atoms with E-state index in [0.717, 1.165) is 12.1 Å². The van der Waals surface area contributed by atoms with Gasteiger partial charge in [-0.2, -0.15) is 13.2 Å². The number of amides is 1. The van der Waals surface area contributed by atoms with Crippen molar-refractivity contribution in [3.63, 3.8) is 0 Å². The molecule has 1 heterocycles. The topological polar surface area (TPSA) is 46.3 Å². The maximum atomic E-state index is 12.4. The zero-order chi connectivity index (χ0) is 13.5. The van der Waals surface area contributed by atoms with Gasteiger partial charge in [-0.25, -0.2) is 0 Å². The molecule has 0 aromatic heterocycles. The van der Waals surface area contributed by atoms with Crippen molar-refractivity contribution < 1.29 is 18.0 Å². The summed E-state index contributed by atoms with van der Waals surface area (Å²) in [5.74, 6) is -0.0904. The summed E-state index contributed by atoms with van der Waals surface area (Å²) >= 11 is 0. The summed E-state index contributed by atoms with van der Waals surface area (Å²) in [6, 6.07) is 4.06. The average Bonchev–Trinajstić information content (AvgIpc) is 2.52. The summed E-state index contributed by atoms with van der Waals surface area (Å²) in [4.78, 5) is 12.9. The molecule has 0 aliphatic carbocycles. The largest absolute Gasteiger partial charge is 0.416 e. The van der Waals surface area contributed by atoms with Gasteiger partial charge in [0.25, 0.3) is 0 Å². The minimum atomic E-state index is -4.35. The quantitative estimate of drug-likeness (QED) is 0.836. The van der Waals surface area contributed by atoms with E-state index >= 15 is 0 Å². The van der Waals surface area contributed by atoms with Crippen LogP contribution < -0.4 is 5.73 Å². The van der Waals surface area contributed by atoms with E-state index in [-0.39, 0.29) is 24.4 Å². The number of alkyl halides is 3. The van der Waals surface area contributed by atoms with Gasteiger partial charge in [-0.15, -0.1) is 0 Å². The maximum Gasteiger partial charge on any atom is 0.416 e. The lowest BCUT2D eigenvalue weighted by Crippen LogP contribution is -2.30. The van der Waals surface area contributed by atoms with Gasteiger partial charge in [0.15, 0.2) is 0 Å². The lowest BCUT2D eigenvalue weighted by Gasteiger charge is -2.23. The Hall–Kier alpha value is -1.56. The molecule has 1 saturated heterocycles. The van der Waals surface area contributed by atoms with Crippen LogP contribution in [0, 0.1) is 0 Å². The van der Waals surface area contributed by atoms with Crippen LogP contribution in [-0.2, 0) is 11.0 Å². The Morgan fingerprint density at radius 2 is 1.83 bits per heavy atom.